The molecule has 0 spiro atoms. The largest absolute Gasteiger partial charge is 0.480 e. The third-order valence-corrected chi connectivity index (χ3v) is 2.33. The van der Waals surface area contributed by atoms with Crippen LogP contribution in [0.15, 0.2) is 24.7 Å². The van der Waals surface area contributed by atoms with E-state index in [1.54, 1.807) is 6.07 Å². The summed E-state index contributed by atoms with van der Waals surface area (Å²) in [5.74, 6) is 0.523. The molecule has 0 saturated carbocycles. The van der Waals surface area contributed by atoms with Crippen LogP contribution < -0.4 is 9.47 Å². The molecular formula is C11H12N4O3. The quantitative estimate of drug-likeness (QED) is 0.835. The summed E-state index contributed by atoms with van der Waals surface area (Å²) in [5, 5.41) is 17.5. The normalized spacial score (nSPS) is 11.9. The van der Waals surface area contributed by atoms with Gasteiger partial charge in [-0.05, 0) is 6.07 Å². The number of rotatable bonds is 4. The molecule has 1 unspecified atom stereocenters. The molecule has 7 heteroatoms. The second-order valence-electron chi connectivity index (χ2n) is 3.39. The zero-order valence-corrected chi connectivity index (χ0v) is 9.94. The van der Waals surface area contributed by atoms with Crippen molar-refractivity contribution >= 4 is 0 Å². The minimum Gasteiger partial charge on any atom is -0.480 e. The molecule has 0 aliphatic rings. The van der Waals surface area contributed by atoms with Gasteiger partial charge >= 0.3 is 0 Å². The highest BCUT2D eigenvalue weighted by atomic mass is 16.5. The van der Waals surface area contributed by atoms with E-state index in [0.717, 1.165) is 0 Å². The van der Waals surface area contributed by atoms with Crippen LogP contribution in [0.2, 0.25) is 0 Å². The maximum absolute atomic E-state index is 10.2. The Kier molecular flexibility index (Phi) is 3.63. The Balaban J connectivity index is 2.38. The minimum atomic E-state index is -0.978. The highest BCUT2D eigenvalue weighted by molar-refractivity contribution is 5.30. The van der Waals surface area contributed by atoms with Crippen molar-refractivity contribution < 1.29 is 14.6 Å². The molecule has 2 aromatic rings. The fourth-order valence-electron chi connectivity index (χ4n) is 1.42. The summed E-state index contributed by atoms with van der Waals surface area (Å²) in [6, 6.07) is 1.64. The van der Waals surface area contributed by atoms with E-state index < -0.39 is 6.10 Å². The molecular weight excluding hydrogens is 236 g/mol. The van der Waals surface area contributed by atoms with Gasteiger partial charge in [-0.2, -0.15) is 15.2 Å². The van der Waals surface area contributed by atoms with E-state index in [0.29, 0.717) is 17.1 Å². The van der Waals surface area contributed by atoms with Gasteiger partial charge < -0.3 is 14.6 Å². The van der Waals surface area contributed by atoms with Gasteiger partial charge in [0.05, 0.1) is 26.6 Å². The van der Waals surface area contributed by atoms with Gasteiger partial charge in [-0.15, -0.1) is 0 Å². The Hall–Kier alpha value is -2.28. The van der Waals surface area contributed by atoms with Gasteiger partial charge in [0.15, 0.2) is 0 Å². The zero-order valence-electron chi connectivity index (χ0n) is 9.94. The SMILES string of the molecule is COc1cnc(C(O)c2ccnnc2)c(OC)n1. The molecule has 0 aliphatic heterocycles. The van der Waals surface area contributed by atoms with Crippen LogP contribution in [-0.4, -0.2) is 39.5 Å². The first kappa shape index (κ1) is 12.2. The van der Waals surface area contributed by atoms with Gasteiger partial charge in [0.1, 0.15) is 11.8 Å². The van der Waals surface area contributed by atoms with E-state index in [4.69, 9.17) is 9.47 Å². The lowest BCUT2D eigenvalue weighted by molar-refractivity contribution is 0.206. The maximum atomic E-state index is 10.2. The van der Waals surface area contributed by atoms with Crippen LogP contribution in [0.3, 0.4) is 0 Å². The Bertz CT molecular complexity index is 521. The third-order valence-electron chi connectivity index (χ3n) is 2.33. The van der Waals surface area contributed by atoms with E-state index in [1.165, 1.54) is 32.8 Å². The average Bonchev–Trinajstić information content (AvgIpc) is 2.46. The predicted octanol–water partition coefficient (Wildman–Crippen LogP) is 0.365. The number of aliphatic hydroxyl groups excluding tert-OH is 1. The number of ether oxygens (including phenoxy) is 2. The molecule has 1 atom stereocenters. The van der Waals surface area contributed by atoms with Crippen LogP contribution in [0, 0.1) is 0 Å². The van der Waals surface area contributed by atoms with E-state index in [-0.39, 0.29) is 5.88 Å². The van der Waals surface area contributed by atoms with Crippen molar-refractivity contribution in [1.29, 1.82) is 0 Å². The maximum Gasteiger partial charge on any atom is 0.241 e. The van der Waals surface area contributed by atoms with Crippen molar-refractivity contribution in [2.45, 2.75) is 6.10 Å². The summed E-state index contributed by atoms with van der Waals surface area (Å²) in [6.45, 7) is 0. The van der Waals surface area contributed by atoms with Crippen molar-refractivity contribution in [2.75, 3.05) is 14.2 Å². The van der Waals surface area contributed by atoms with Gasteiger partial charge in [-0.1, -0.05) is 0 Å². The summed E-state index contributed by atoms with van der Waals surface area (Å²) in [6.07, 6.45) is 3.38. The number of methoxy groups -OCH3 is 2. The Morgan fingerprint density at radius 2 is 2.00 bits per heavy atom. The predicted molar refractivity (Wildman–Crippen MR) is 61.2 cm³/mol. The molecule has 2 rings (SSSR count). The topological polar surface area (TPSA) is 90.2 Å². The molecule has 0 radical (unpaired) electrons. The summed E-state index contributed by atoms with van der Waals surface area (Å²) in [5.41, 5.74) is 0.856. The average molecular weight is 248 g/mol. The molecule has 2 aromatic heterocycles. The zero-order chi connectivity index (χ0) is 13.0. The molecule has 1 N–H and O–H groups in total. The van der Waals surface area contributed by atoms with Crippen molar-refractivity contribution in [2.24, 2.45) is 0 Å². The van der Waals surface area contributed by atoms with Gasteiger partial charge in [0, 0.05) is 11.8 Å². The standard InChI is InChI=1S/C11H12N4O3/c1-17-8-6-12-9(11(15-8)18-2)10(16)7-3-4-13-14-5-7/h3-6,10,16H,1-2H3. The molecule has 0 amide bonds. The summed E-state index contributed by atoms with van der Waals surface area (Å²) in [4.78, 5) is 8.14. The lowest BCUT2D eigenvalue weighted by Crippen LogP contribution is -2.07. The van der Waals surface area contributed by atoms with Crippen LogP contribution in [0.4, 0.5) is 0 Å². The van der Waals surface area contributed by atoms with Crippen LogP contribution in [0.5, 0.6) is 11.8 Å². The first-order chi connectivity index (χ1) is 8.76. The first-order valence-corrected chi connectivity index (χ1v) is 5.16. The second kappa shape index (κ2) is 5.37. The molecule has 0 aliphatic carbocycles. The highest BCUT2D eigenvalue weighted by Gasteiger charge is 2.19. The van der Waals surface area contributed by atoms with Crippen molar-refractivity contribution in [3.8, 4) is 11.8 Å². The van der Waals surface area contributed by atoms with Crippen LogP contribution in [-0.2, 0) is 0 Å². The van der Waals surface area contributed by atoms with Gasteiger partial charge in [0.25, 0.3) is 0 Å². The molecule has 2 heterocycles. The number of aromatic nitrogens is 4. The molecule has 0 fully saturated rings. The van der Waals surface area contributed by atoms with Crippen molar-refractivity contribution in [1.82, 2.24) is 20.2 Å². The van der Waals surface area contributed by atoms with E-state index in [1.807, 2.05) is 0 Å². The Morgan fingerprint density at radius 1 is 1.17 bits per heavy atom. The van der Waals surface area contributed by atoms with Crippen molar-refractivity contribution in [3.05, 3.63) is 35.9 Å². The van der Waals surface area contributed by atoms with E-state index in [2.05, 4.69) is 20.2 Å². The molecule has 0 aromatic carbocycles. The van der Waals surface area contributed by atoms with Gasteiger partial charge in [0.2, 0.25) is 11.8 Å². The number of aliphatic hydroxyl groups is 1. The fraction of sp³-hybridized carbons (Fsp3) is 0.273. The van der Waals surface area contributed by atoms with Crippen molar-refractivity contribution in [3.63, 3.8) is 0 Å². The van der Waals surface area contributed by atoms with Gasteiger partial charge in [-0.25, -0.2) is 4.98 Å². The van der Waals surface area contributed by atoms with E-state index >= 15 is 0 Å². The Morgan fingerprint density at radius 3 is 2.61 bits per heavy atom. The number of hydrogen-bond donors (Lipinski definition) is 1. The number of hydrogen-bond acceptors (Lipinski definition) is 7. The molecule has 94 valence electrons. The molecule has 7 nitrogen and oxygen atoms in total. The van der Waals surface area contributed by atoms with Gasteiger partial charge in [-0.3, -0.25) is 0 Å². The fourth-order valence-corrected chi connectivity index (χ4v) is 1.42. The van der Waals surface area contributed by atoms with Crippen LogP contribution in [0.25, 0.3) is 0 Å². The van der Waals surface area contributed by atoms with E-state index in [9.17, 15) is 5.11 Å². The first-order valence-electron chi connectivity index (χ1n) is 5.16. The highest BCUT2D eigenvalue weighted by Crippen LogP contribution is 2.27. The molecule has 0 bridgehead atoms. The number of nitrogens with zero attached hydrogens (tertiary/aromatic N) is 4. The van der Waals surface area contributed by atoms with Crippen LogP contribution >= 0.6 is 0 Å². The third kappa shape index (κ3) is 2.35. The van der Waals surface area contributed by atoms with Crippen LogP contribution in [0.1, 0.15) is 17.4 Å². The minimum absolute atomic E-state index is 0.207. The summed E-state index contributed by atoms with van der Waals surface area (Å²) >= 11 is 0. The second-order valence-corrected chi connectivity index (χ2v) is 3.39. The molecule has 0 saturated heterocycles. The Labute approximate surface area is 103 Å². The summed E-state index contributed by atoms with van der Waals surface area (Å²) < 4.78 is 10.0. The lowest BCUT2D eigenvalue weighted by Gasteiger charge is -2.13. The smallest absolute Gasteiger partial charge is 0.241 e. The molecule has 18 heavy (non-hydrogen) atoms. The lowest BCUT2D eigenvalue weighted by atomic mass is 10.1. The summed E-state index contributed by atoms with van der Waals surface area (Å²) in [7, 11) is 2.93. The monoisotopic (exact) mass is 248 g/mol.